The van der Waals surface area contributed by atoms with Crippen LogP contribution in [-0.4, -0.2) is 18.5 Å². The van der Waals surface area contributed by atoms with Gasteiger partial charge in [0.1, 0.15) is 6.61 Å². The molecule has 0 unspecified atom stereocenters. The van der Waals surface area contributed by atoms with Gasteiger partial charge in [-0.3, -0.25) is 4.79 Å². The van der Waals surface area contributed by atoms with E-state index in [1.54, 1.807) is 24.3 Å². The molecule has 112 valence electrons. The molecule has 2 aromatic carbocycles. The number of hydrogen-bond acceptors (Lipinski definition) is 3. The average molecular weight is 295 g/mol. The quantitative estimate of drug-likeness (QED) is 0.658. The van der Waals surface area contributed by atoms with Gasteiger partial charge in [-0.2, -0.15) is 0 Å². The van der Waals surface area contributed by atoms with Crippen LogP contribution >= 0.6 is 0 Å². The lowest BCUT2D eigenvalue weighted by molar-refractivity contribution is -0.118. The lowest BCUT2D eigenvalue weighted by atomic mass is 10.2. The fourth-order valence-electron chi connectivity index (χ4n) is 1.78. The highest BCUT2D eigenvalue weighted by Gasteiger charge is 2.11. The Morgan fingerprint density at radius 1 is 0.955 bits per heavy atom. The largest absolute Gasteiger partial charge is 0.457 e. The van der Waals surface area contributed by atoms with Crippen molar-refractivity contribution in [1.82, 2.24) is 5.32 Å². The van der Waals surface area contributed by atoms with E-state index in [0.29, 0.717) is 12.1 Å². The van der Waals surface area contributed by atoms with Crippen molar-refractivity contribution < 1.29 is 14.3 Å². The van der Waals surface area contributed by atoms with Gasteiger partial charge in [0, 0.05) is 12.1 Å². The number of rotatable bonds is 6. The summed E-state index contributed by atoms with van der Waals surface area (Å²) in [4.78, 5) is 23.6. The van der Waals surface area contributed by atoms with Crippen molar-refractivity contribution in [3.8, 4) is 0 Å². The van der Waals surface area contributed by atoms with Gasteiger partial charge in [0.15, 0.2) is 0 Å². The summed E-state index contributed by atoms with van der Waals surface area (Å²) in [6, 6.07) is 18.2. The van der Waals surface area contributed by atoms with E-state index in [2.05, 4.69) is 11.9 Å². The second-order valence-electron chi connectivity index (χ2n) is 4.71. The molecule has 4 heteroatoms. The lowest BCUT2D eigenvalue weighted by Gasteiger charge is -2.09. The third-order valence-electron chi connectivity index (χ3n) is 3.00. The first-order valence-corrected chi connectivity index (χ1v) is 6.89. The smallest absolute Gasteiger partial charge is 0.338 e. The zero-order valence-corrected chi connectivity index (χ0v) is 12.1. The van der Waals surface area contributed by atoms with Crippen LogP contribution in [0, 0.1) is 0 Å². The molecule has 0 saturated carbocycles. The van der Waals surface area contributed by atoms with Gasteiger partial charge in [-0.1, -0.05) is 55.1 Å². The van der Waals surface area contributed by atoms with Gasteiger partial charge in [-0.15, -0.1) is 0 Å². The number of nitrogens with one attached hydrogen (secondary N) is 1. The highest BCUT2D eigenvalue weighted by atomic mass is 16.5. The number of hydrogen-bond donors (Lipinski definition) is 1. The summed E-state index contributed by atoms with van der Waals surface area (Å²) in [7, 11) is 0. The van der Waals surface area contributed by atoms with Crippen LogP contribution in [-0.2, 0) is 16.1 Å². The molecule has 22 heavy (non-hydrogen) atoms. The zero-order chi connectivity index (χ0) is 15.8. The van der Waals surface area contributed by atoms with Gasteiger partial charge in [-0.25, -0.2) is 4.79 Å². The van der Waals surface area contributed by atoms with E-state index in [-0.39, 0.29) is 18.1 Å². The highest BCUT2D eigenvalue weighted by Crippen LogP contribution is 2.03. The van der Waals surface area contributed by atoms with Crippen LogP contribution in [0.5, 0.6) is 0 Å². The Morgan fingerprint density at radius 2 is 1.55 bits per heavy atom. The first kappa shape index (κ1) is 15.5. The van der Waals surface area contributed by atoms with E-state index >= 15 is 0 Å². The first-order chi connectivity index (χ1) is 10.7. The third-order valence-corrected chi connectivity index (χ3v) is 3.00. The fourth-order valence-corrected chi connectivity index (χ4v) is 1.78. The Hall–Kier alpha value is -2.88. The summed E-state index contributed by atoms with van der Waals surface area (Å²) in [6.07, 6.45) is 0. The van der Waals surface area contributed by atoms with E-state index in [1.807, 2.05) is 36.4 Å². The summed E-state index contributed by atoms with van der Waals surface area (Å²) in [5.41, 5.74) is 1.64. The SMILES string of the molecule is C=C(COC(=O)c1ccccc1)C(=O)NCc1ccccc1. The molecule has 0 heterocycles. The molecule has 0 bridgehead atoms. The van der Waals surface area contributed by atoms with E-state index in [4.69, 9.17) is 4.74 Å². The topological polar surface area (TPSA) is 55.4 Å². The van der Waals surface area contributed by atoms with Crippen LogP contribution in [0.3, 0.4) is 0 Å². The average Bonchev–Trinajstić information content (AvgIpc) is 2.58. The monoisotopic (exact) mass is 295 g/mol. The van der Waals surface area contributed by atoms with Crippen molar-refractivity contribution in [3.63, 3.8) is 0 Å². The highest BCUT2D eigenvalue weighted by molar-refractivity contribution is 5.94. The summed E-state index contributed by atoms with van der Waals surface area (Å²) >= 11 is 0. The van der Waals surface area contributed by atoms with Crippen molar-refractivity contribution in [2.24, 2.45) is 0 Å². The number of carbonyl (C=O) groups excluding carboxylic acids is 2. The predicted molar refractivity (Wildman–Crippen MR) is 84.2 cm³/mol. The minimum atomic E-state index is -0.474. The molecule has 0 aliphatic heterocycles. The standard InChI is InChI=1S/C18H17NO3/c1-14(13-22-18(21)16-10-6-3-7-11-16)17(20)19-12-15-8-4-2-5-9-15/h2-11H,1,12-13H2,(H,19,20). The predicted octanol–water partition coefficient (Wildman–Crippen LogP) is 2.72. The second-order valence-corrected chi connectivity index (χ2v) is 4.71. The molecule has 0 aliphatic carbocycles. The molecule has 1 N–H and O–H groups in total. The molecule has 2 rings (SSSR count). The van der Waals surface area contributed by atoms with E-state index in [0.717, 1.165) is 5.56 Å². The van der Waals surface area contributed by atoms with Crippen molar-refractivity contribution in [2.45, 2.75) is 6.54 Å². The number of ether oxygens (including phenoxy) is 1. The van der Waals surface area contributed by atoms with E-state index < -0.39 is 5.97 Å². The maximum atomic E-state index is 11.9. The molecule has 0 aromatic heterocycles. The Balaban J connectivity index is 1.77. The maximum absolute atomic E-state index is 11.9. The van der Waals surface area contributed by atoms with Crippen LogP contribution in [0.15, 0.2) is 72.8 Å². The maximum Gasteiger partial charge on any atom is 0.338 e. The van der Waals surface area contributed by atoms with Gasteiger partial charge < -0.3 is 10.1 Å². The minimum Gasteiger partial charge on any atom is -0.457 e. The Bertz CT molecular complexity index is 651. The van der Waals surface area contributed by atoms with Gasteiger partial charge >= 0.3 is 5.97 Å². The van der Waals surface area contributed by atoms with Crippen molar-refractivity contribution in [3.05, 3.63) is 83.9 Å². The number of carbonyl (C=O) groups is 2. The molecule has 0 radical (unpaired) electrons. The van der Waals surface area contributed by atoms with Gasteiger partial charge in [0.05, 0.1) is 5.56 Å². The van der Waals surface area contributed by atoms with Crippen LogP contribution in [0.4, 0.5) is 0 Å². The van der Waals surface area contributed by atoms with Crippen molar-refractivity contribution in [1.29, 1.82) is 0 Å². The third kappa shape index (κ3) is 4.59. The normalized spacial score (nSPS) is 9.82. The molecular formula is C18H17NO3. The Labute approximate surface area is 129 Å². The molecule has 1 amide bonds. The molecule has 4 nitrogen and oxygen atoms in total. The molecule has 0 spiro atoms. The van der Waals surface area contributed by atoms with Gasteiger partial charge in [0.25, 0.3) is 0 Å². The van der Waals surface area contributed by atoms with Gasteiger partial charge in [0.2, 0.25) is 5.91 Å². The number of amides is 1. The Kier molecular flexibility index (Phi) is 5.49. The van der Waals surface area contributed by atoms with Gasteiger partial charge in [-0.05, 0) is 17.7 Å². The fraction of sp³-hybridized carbons (Fsp3) is 0.111. The molecular weight excluding hydrogens is 278 g/mol. The second kappa shape index (κ2) is 7.78. The minimum absolute atomic E-state index is 0.131. The summed E-state index contributed by atoms with van der Waals surface area (Å²) in [5.74, 6) is -0.803. The summed E-state index contributed by atoms with van der Waals surface area (Å²) < 4.78 is 5.06. The van der Waals surface area contributed by atoms with Crippen LogP contribution in [0.25, 0.3) is 0 Å². The van der Waals surface area contributed by atoms with Crippen molar-refractivity contribution in [2.75, 3.05) is 6.61 Å². The Morgan fingerprint density at radius 3 is 2.18 bits per heavy atom. The number of esters is 1. The summed E-state index contributed by atoms with van der Waals surface area (Å²) in [6.45, 7) is 3.92. The number of benzene rings is 2. The zero-order valence-electron chi connectivity index (χ0n) is 12.1. The molecule has 0 fully saturated rings. The van der Waals surface area contributed by atoms with Crippen LogP contribution in [0.1, 0.15) is 15.9 Å². The first-order valence-electron chi connectivity index (χ1n) is 6.89. The summed E-state index contributed by atoms with van der Waals surface area (Å²) in [5, 5.41) is 2.73. The molecule has 0 saturated heterocycles. The molecule has 0 atom stereocenters. The lowest BCUT2D eigenvalue weighted by Crippen LogP contribution is -2.26. The van der Waals surface area contributed by atoms with Crippen molar-refractivity contribution >= 4 is 11.9 Å². The molecule has 0 aliphatic rings. The van der Waals surface area contributed by atoms with E-state index in [1.165, 1.54) is 0 Å². The van der Waals surface area contributed by atoms with Crippen LogP contribution in [0.2, 0.25) is 0 Å². The molecule has 2 aromatic rings. The van der Waals surface area contributed by atoms with Crippen LogP contribution < -0.4 is 5.32 Å². The van der Waals surface area contributed by atoms with E-state index in [9.17, 15) is 9.59 Å².